The van der Waals surface area contributed by atoms with Crippen LogP contribution in [0, 0.1) is 0 Å². The second-order valence-corrected chi connectivity index (χ2v) is 5.97. The lowest BCUT2D eigenvalue weighted by Crippen LogP contribution is -2.09. The standard InChI is InChI=1S/C17H13ClN2OS/c18-14-4-1-2-5-15(14)19-12-7-9-13(10-8-12)20-17(21)16-6-3-11-22-16/h1-11,19H,(H,20,21). The number of nitrogens with one attached hydrogen (secondary N) is 2. The fraction of sp³-hybridized carbons (Fsp3) is 0. The first kappa shape index (κ1) is 14.6. The number of anilines is 3. The first-order valence-corrected chi connectivity index (χ1v) is 7.94. The Hall–Kier alpha value is -2.30. The molecule has 0 atom stereocenters. The summed E-state index contributed by atoms with van der Waals surface area (Å²) in [5.74, 6) is -0.0955. The minimum atomic E-state index is -0.0955. The van der Waals surface area contributed by atoms with E-state index < -0.39 is 0 Å². The summed E-state index contributed by atoms with van der Waals surface area (Å²) in [5, 5.41) is 8.65. The zero-order valence-electron chi connectivity index (χ0n) is 11.5. The lowest BCUT2D eigenvalue weighted by atomic mass is 10.2. The van der Waals surface area contributed by atoms with E-state index in [1.54, 1.807) is 6.07 Å². The molecule has 22 heavy (non-hydrogen) atoms. The monoisotopic (exact) mass is 328 g/mol. The first-order valence-electron chi connectivity index (χ1n) is 6.69. The molecular formula is C17H13ClN2OS. The van der Waals surface area contributed by atoms with Gasteiger partial charge in [-0.15, -0.1) is 11.3 Å². The van der Waals surface area contributed by atoms with Gasteiger partial charge >= 0.3 is 0 Å². The van der Waals surface area contributed by atoms with Gasteiger partial charge in [-0.2, -0.15) is 0 Å². The lowest BCUT2D eigenvalue weighted by Gasteiger charge is -2.09. The van der Waals surface area contributed by atoms with Crippen LogP contribution < -0.4 is 10.6 Å². The molecule has 0 bridgehead atoms. The Bertz CT molecular complexity index is 770. The summed E-state index contributed by atoms with van der Waals surface area (Å²) in [6.45, 7) is 0. The van der Waals surface area contributed by atoms with Crippen molar-refractivity contribution in [1.29, 1.82) is 0 Å². The third kappa shape index (κ3) is 3.47. The van der Waals surface area contributed by atoms with Gasteiger partial charge in [0, 0.05) is 11.4 Å². The van der Waals surface area contributed by atoms with Gasteiger partial charge < -0.3 is 10.6 Å². The number of halogens is 1. The predicted octanol–water partition coefficient (Wildman–Crippen LogP) is 5.40. The molecule has 0 unspecified atom stereocenters. The molecule has 110 valence electrons. The maximum atomic E-state index is 12.0. The van der Waals surface area contributed by atoms with Crippen molar-refractivity contribution in [3.63, 3.8) is 0 Å². The quantitative estimate of drug-likeness (QED) is 0.673. The highest BCUT2D eigenvalue weighted by molar-refractivity contribution is 7.12. The van der Waals surface area contributed by atoms with E-state index >= 15 is 0 Å². The van der Waals surface area contributed by atoms with Crippen LogP contribution in [0.5, 0.6) is 0 Å². The molecule has 5 heteroatoms. The Kier molecular flexibility index (Phi) is 4.42. The molecule has 1 aromatic heterocycles. The van der Waals surface area contributed by atoms with E-state index in [4.69, 9.17) is 11.6 Å². The van der Waals surface area contributed by atoms with E-state index in [1.807, 2.05) is 60.0 Å². The van der Waals surface area contributed by atoms with Crippen LogP contribution in [0.2, 0.25) is 5.02 Å². The van der Waals surface area contributed by atoms with Crippen LogP contribution in [0.25, 0.3) is 0 Å². The number of hydrogen-bond acceptors (Lipinski definition) is 3. The van der Waals surface area contributed by atoms with Crippen molar-refractivity contribution in [3.05, 3.63) is 75.9 Å². The zero-order valence-corrected chi connectivity index (χ0v) is 13.1. The summed E-state index contributed by atoms with van der Waals surface area (Å²) in [7, 11) is 0. The molecule has 0 aliphatic heterocycles. The highest BCUT2D eigenvalue weighted by atomic mass is 35.5. The molecule has 0 aliphatic carbocycles. The molecule has 0 spiro atoms. The number of amides is 1. The molecule has 3 nitrogen and oxygen atoms in total. The zero-order chi connectivity index (χ0) is 15.4. The average Bonchev–Trinajstić information content (AvgIpc) is 3.06. The molecule has 0 fully saturated rings. The minimum absolute atomic E-state index is 0.0955. The highest BCUT2D eigenvalue weighted by Crippen LogP contribution is 2.25. The van der Waals surface area contributed by atoms with Crippen LogP contribution in [-0.4, -0.2) is 5.91 Å². The molecule has 3 rings (SSSR count). The van der Waals surface area contributed by atoms with E-state index in [0.717, 1.165) is 17.1 Å². The maximum absolute atomic E-state index is 12.0. The minimum Gasteiger partial charge on any atom is -0.354 e. The second kappa shape index (κ2) is 6.64. The summed E-state index contributed by atoms with van der Waals surface area (Å²) < 4.78 is 0. The summed E-state index contributed by atoms with van der Waals surface area (Å²) in [6, 6.07) is 18.7. The fourth-order valence-corrected chi connectivity index (χ4v) is 2.76. The largest absolute Gasteiger partial charge is 0.354 e. The second-order valence-electron chi connectivity index (χ2n) is 4.61. The van der Waals surface area contributed by atoms with Gasteiger partial charge in [0.2, 0.25) is 0 Å². The number of hydrogen-bond donors (Lipinski definition) is 2. The van der Waals surface area contributed by atoms with E-state index in [2.05, 4.69) is 10.6 Å². The van der Waals surface area contributed by atoms with Gasteiger partial charge in [0.1, 0.15) is 0 Å². The Balaban J connectivity index is 1.68. The van der Waals surface area contributed by atoms with Crippen molar-refractivity contribution in [1.82, 2.24) is 0 Å². The third-order valence-corrected chi connectivity index (χ3v) is 4.24. The molecule has 0 aliphatic rings. The Morgan fingerprint density at radius 3 is 2.32 bits per heavy atom. The summed E-state index contributed by atoms with van der Waals surface area (Å²) in [6.07, 6.45) is 0. The van der Waals surface area contributed by atoms with Crippen LogP contribution >= 0.6 is 22.9 Å². The SMILES string of the molecule is O=C(Nc1ccc(Nc2ccccc2Cl)cc1)c1cccs1. The molecule has 2 aromatic carbocycles. The van der Waals surface area contributed by atoms with Gasteiger partial charge in [-0.05, 0) is 47.8 Å². The fourth-order valence-electron chi connectivity index (χ4n) is 1.96. The van der Waals surface area contributed by atoms with Gasteiger partial charge in [-0.1, -0.05) is 29.8 Å². The van der Waals surface area contributed by atoms with Gasteiger partial charge in [-0.3, -0.25) is 4.79 Å². The van der Waals surface area contributed by atoms with Gasteiger partial charge in [-0.25, -0.2) is 0 Å². The topological polar surface area (TPSA) is 41.1 Å². The Morgan fingerprint density at radius 1 is 0.909 bits per heavy atom. The lowest BCUT2D eigenvalue weighted by molar-refractivity contribution is 0.103. The molecule has 0 saturated carbocycles. The normalized spacial score (nSPS) is 10.2. The highest BCUT2D eigenvalue weighted by Gasteiger charge is 2.06. The summed E-state index contributed by atoms with van der Waals surface area (Å²) in [4.78, 5) is 12.7. The molecule has 3 aromatic rings. The molecule has 0 saturated heterocycles. The van der Waals surface area contributed by atoms with Crippen molar-refractivity contribution in [2.24, 2.45) is 0 Å². The van der Waals surface area contributed by atoms with E-state index in [0.29, 0.717) is 9.90 Å². The van der Waals surface area contributed by atoms with Crippen LogP contribution in [0.1, 0.15) is 9.67 Å². The predicted molar refractivity (Wildman–Crippen MR) is 93.4 cm³/mol. The van der Waals surface area contributed by atoms with E-state index in [9.17, 15) is 4.79 Å². The molecule has 1 amide bonds. The van der Waals surface area contributed by atoms with Crippen molar-refractivity contribution in [2.45, 2.75) is 0 Å². The van der Waals surface area contributed by atoms with Crippen molar-refractivity contribution in [2.75, 3.05) is 10.6 Å². The van der Waals surface area contributed by atoms with Crippen LogP contribution in [0.15, 0.2) is 66.0 Å². The van der Waals surface area contributed by atoms with E-state index in [1.165, 1.54) is 11.3 Å². The van der Waals surface area contributed by atoms with Crippen molar-refractivity contribution < 1.29 is 4.79 Å². The maximum Gasteiger partial charge on any atom is 0.265 e. The molecule has 1 heterocycles. The van der Waals surface area contributed by atoms with Gasteiger partial charge in [0.05, 0.1) is 15.6 Å². The van der Waals surface area contributed by atoms with Gasteiger partial charge in [0.15, 0.2) is 0 Å². The first-order chi connectivity index (χ1) is 10.7. The van der Waals surface area contributed by atoms with E-state index in [-0.39, 0.29) is 5.91 Å². The number of carbonyl (C=O) groups is 1. The molecular weight excluding hydrogens is 316 g/mol. The number of rotatable bonds is 4. The van der Waals surface area contributed by atoms with Crippen molar-refractivity contribution in [3.8, 4) is 0 Å². The number of carbonyl (C=O) groups excluding carboxylic acids is 1. The Labute approximate surface area is 137 Å². The Morgan fingerprint density at radius 2 is 1.64 bits per heavy atom. The summed E-state index contributed by atoms with van der Waals surface area (Å²) in [5.41, 5.74) is 2.50. The summed E-state index contributed by atoms with van der Waals surface area (Å²) >= 11 is 7.53. The third-order valence-electron chi connectivity index (χ3n) is 3.04. The van der Waals surface area contributed by atoms with Gasteiger partial charge in [0.25, 0.3) is 5.91 Å². The number of thiophene rings is 1. The number of benzene rings is 2. The van der Waals surface area contributed by atoms with Crippen molar-refractivity contribution >= 4 is 45.9 Å². The smallest absolute Gasteiger partial charge is 0.265 e. The van der Waals surface area contributed by atoms with Crippen LogP contribution in [0.4, 0.5) is 17.1 Å². The van der Waals surface area contributed by atoms with Crippen LogP contribution in [-0.2, 0) is 0 Å². The number of para-hydroxylation sites is 1. The van der Waals surface area contributed by atoms with Crippen LogP contribution in [0.3, 0.4) is 0 Å². The molecule has 0 radical (unpaired) electrons. The average molecular weight is 329 g/mol. The molecule has 2 N–H and O–H groups in total.